The summed E-state index contributed by atoms with van der Waals surface area (Å²) in [6.45, 7) is 5.19. The first-order valence-electron chi connectivity index (χ1n) is 14.1. The minimum absolute atomic E-state index is 0.0538. The third-order valence-electron chi connectivity index (χ3n) is 8.77. The fraction of sp³-hybridized carbons (Fsp3) is 0.355. The van der Waals surface area contributed by atoms with Gasteiger partial charge in [0.15, 0.2) is 5.82 Å². The topological polar surface area (TPSA) is 97.5 Å². The highest BCUT2D eigenvalue weighted by Crippen LogP contribution is 2.38. The van der Waals surface area contributed by atoms with Crippen LogP contribution < -0.4 is 5.32 Å². The molecule has 2 aromatic carbocycles. The summed E-state index contributed by atoms with van der Waals surface area (Å²) in [7, 11) is 0. The molecule has 0 spiro atoms. The summed E-state index contributed by atoms with van der Waals surface area (Å²) in [6, 6.07) is 22.2. The molecule has 2 fully saturated rings. The molecule has 9 heteroatoms. The van der Waals surface area contributed by atoms with E-state index in [9.17, 15) is 9.59 Å². The van der Waals surface area contributed by atoms with Gasteiger partial charge in [-0.3, -0.25) is 14.8 Å². The van der Waals surface area contributed by atoms with Crippen molar-refractivity contribution in [2.45, 2.75) is 50.9 Å². The van der Waals surface area contributed by atoms with Crippen LogP contribution in [0.4, 0.5) is 10.6 Å². The Morgan fingerprint density at radius 2 is 1.82 bits per heavy atom. The van der Waals surface area contributed by atoms with Gasteiger partial charge in [0.1, 0.15) is 5.69 Å². The molecule has 5 heterocycles. The van der Waals surface area contributed by atoms with Crippen LogP contribution in [0, 0.1) is 0 Å². The molecule has 3 aliphatic rings. The number of rotatable bonds is 4. The Kier molecular flexibility index (Phi) is 6.23. The van der Waals surface area contributed by atoms with Crippen LogP contribution >= 0.6 is 0 Å². The Labute approximate surface area is 233 Å². The van der Waals surface area contributed by atoms with Crippen molar-refractivity contribution >= 4 is 28.7 Å². The third kappa shape index (κ3) is 4.40. The third-order valence-corrected chi connectivity index (χ3v) is 8.77. The van der Waals surface area contributed by atoms with E-state index in [1.165, 1.54) is 12.0 Å². The summed E-state index contributed by atoms with van der Waals surface area (Å²) in [6.07, 6.45) is 3.17. The lowest BCUT2D eigenvalue weighted by Gasteiger charge is -2.45. The second kappa shape index (κ2) is 10.1. The first-order chi connectivity index (χ1) is 19.5. The zero-order chi connectivity index (χ0) is 27.2. The average molecular weight is 536 g/mol. The summed E-state index contributed by atoms with van der Waals surface area (Å²) in [5.41, 5.74) is 4.07. The van der Waals surface area contributed by atoms with Crippen molar-refractivity contribution in [1.29, 1.82) is 0 Å². The van der Waals surface area contributed by atoms with E-state index in [-0.39, 0.29) is 24.0 Å². The van der Waals surface area contributed by atoms with Gasteiger partial charge in [-0.05, 0) is 50.4 Å². The number of hydrogen-bond donors (Lipinski definition) is 2. The van der Waals surface area contributed by atoms with Gasteiger partial charge in [-0.25, -0.2) is 9.78 Å². The first-order valence-corrected chi connectivity index (χ1v) is 14.1. The monoisotopic (exact) mass is 535 g/mol. The summed E-state index contributed by atoms with van der Waals surface area (Å²) in [5, 5.41) is 11.4. The van der Waals surface area contributed by atoms with Crippen molar-refractivity contribution in [1.82, 2.24) is 29.9 Å². The smallest absolute Gasteiger partial charge is 0.318 e. The van der Waals surface area contributed by atoms with Crippen molar-refractivity contribution in [2.75, 3.05) is 25.0 Å². The van der Waals surface area contributed by atoms with Gasteiger partial charge in [0, 0.05) is 30.1 Å². The van der Waals surface area contributed by atoms with Gasteiger partial charge in [0.2, 0.25) is 0 Å². The van der Waals surface area contributed by atoms with E-state index in [2.05, 4.69) is 54.6 Å². The molecule has 3 amide bonds. The lowest BCUT2D eigenvalue weighted by atomic mass is 10.00. The van der Waals surface area contributed by atoms with Crippen LogP contribution in [0.1, 0.15) is 53.1 Å². The Morgan fingerprint density at radius 3 is 2.70 bits per heavy atom. The van der Waals surface area contributed by atoms with Crippen LogP contribution in [0.2, 0.25) is 0 Å². The SMILES string of the molecule is CC1c2[nH]nc(NC(=O)c3ccc4ccccc4n3)c2CN1C(=O)N1CC2CCCN2CC1Cc1ccccc1. The molecular formula is C31H33N7O2. The fourth-order valence-corrected chi connectivity index (χ4v) is 6.60. The van der Waals surface area contributed by atoms with Crippen LogP contribution in [-0.2, 0) is 13.0 Å². The predicted molar refractivity (Wildman–Crippen MR) is 153 cm³/mol. The number of fused-ring (bicyclic) bond motifs is 3. The quantitative estimate of drug-likeness (QED) is 0.398. The van der Waals surface area contributed by atoms with Gasteiger partial charge in [-0.1, -0.05) is 54.6 Å². The molecule has 9 nitrogen and oxygen atoms in total. The van der Waals surface area contributed by atoms with Crippen LogP contribution in [0.5, 0.6) is 0 Å². The van der Waals surface area contributed by atoms with E-state index in [4.69, 9.17) is 0 Å². The van der Waals surface area contributed by atoms with E-state index < -0.39 is 0 Å². The molecule has 2 saturated heterocycles. The van der Waals surface area contributed by atoms with Crippen molar-refractivity contribution in [3.63, 3.8) is 0 Å². The molecule has 0 bridgehead atoms. The molecule has 204 valence electrons. The molecule has 0 aliphatic carbocycles. The number of urea groups is 1. The number of benzene rings is 2. The number of hydrogen-bond acceptors (Lipinski definition) is 5. The van der Waals surface area contributed by atoms with E-state index in [1.54, 1.807) is 6.07 Å². The number of carbonyl (C=O) groups excluding carboxylic acids is 2. The maximum Gasteiger partial charge on any atom is 0.321 e. The van der Waals surface area contributed by atoms with E-state index in [0.29, 0.717) is 24.1 Å². The number of aromatic amines is 1. The van der Waals surface area contributed by atoms with Gasteiger partial charge in [0.25, 0.3) is 5.91 Å². The maximum absolute atomic E-state index is 14.1. The lowest BCUT2D eigenvalue weighted by molar-refractivity contribution is 0.0517. The summed E-state index contributed by atoms with van der Waals surface area (Å²) in [4.78, 5) is 38.3. The number of para-hydroxylation sites is 1. The second-order valence-corrected chi connectivity index (χ2v) is 11.2. The standard InChI is InChI=1S/C31H33N7O2/c1-20-28-25(29(35-34-28)33-30(39)27-14-13-22-10-5-6-12-26(22)32-27)19-37(20)31(40)38-18-23-11-7-15-36(23)17-24(38)16-21-8-3-2-4-9-21/h2-6,8-10,12-14,20,23-24H,7,11,15-19H2,1H3,(H2,33,34,35,39). The second-order valence-electron chi connectivity index (χ2n) is 11.2. The van der Waals surface area contributed by atoms with Crippen LogP contribution in [-0.4, -0.2) is 73.5 Å². The minimum Gasteiger partial charge on any atom is -0.318 e. The number of pyridine rings is 1. The summed E-state index contributed by atoms with van der Waals surface area (Å²) >= 11 is 0. The van der Waals surface area contributed by atoms with Crippen LogP contribution in [0.25, 0.3) is 10.9 Å². The Morgan fingerprint density at radius 1 is 1.00 bits per heavy atom. The van der Waals surface area contributed by atoms with Gasteiger partial charge >= 0.3 is 6.03 Å². The number of aromatic nitrogens is 3. The number of piperazine rings is 1. The zero-order valence-corrected chi connectivity index (χ0v) is 22.6. The van der Waals surface area contributed by atoms with Gasteiger partial charge in [-0.15, -0.1) is 0 Å². The molecule has 40 heavy (non-hydrogen) atoms. The molecule has 3 aliphatic heterocycles. The fourth-order valence-electron chi connectivity index (χ4n) is 6.60. The number of anilines is 1. The highest BCUT2D eigenvalue weighted by Gasteiger charge is 2.43. The van der Waals surface area contributed by atoms with Crippen molar-refractivity contribution < 1.29 is 9.59 Å². The molecule has 2 aromatic heterocycles. The molecule has 3 unspecified atom stereocenters. The van der Waals surface area contributed by atoms with Gasteiger partial charge in [0.05, 0.1) is 29.8 Å². The maximum atomic E-state index is 14.1. The Hall–Kier alpha value is -4.24. The molecule has 2 N–H and O–H groups in total. The normalized spacial score (nSPS) is 22.4. The van der Waals surface area contributed by atoms with Gasteiger partial charge in [-0.2, -0.15) is 5.10 Å². The molecule has 0 radical (unpaired) electrons. The first kappa shape index (κ1) is 24.8. The van der Waals surface area contributed by atoms with Crippen molar-refractivity contribution in [3.8, 4) is 0 Å². The summed E-state index contributed by atoms with van der Waals surface area (Å²) in [5.74, 6) is 0.135. The van der Waals surface area contributed by atoms with Crippen molar-refractivity contribution in [2.24, 2.45) is 0 Å². The van der Waals surface area contributed by atoms with E-state index in [1.807, 2.05) is 48.2 Å². The predicted octanol–water partition coefficient (Wildman–Crippen LogP) is 4.60. The van der Waals surface area contributed by atoms with Crippen molar-refractivity contribution in [3.05, 3.63) is 89.2 Å². The Balaban J connectivity index is 1.10. The number of nitrogens with one attached hydrogen (secondary N) is 2. The number of nitrogens with zero attached hydrogens (tertiary/aromatic N) is 5. The number of carbonyl (C=O) groups is 2. The minimum atomic E-state index is -0.322. The summed E-state index contributed by atoms with van der Waals surface area (Å²) < 4.78 is 0. The molecule has 7 rings (SSSR count). The highest BCUT2D eigenvalue weighted by atomic mass is 16.2. The largest absolute Gasteiger partial charge is 0.321 e. The lowest BCUT2D eigenvalue weighted by Crippen LogP contribution is -2.60. The molecule has 0 saturated carbocycles. The molecule has 4 aromatic rings. The average Bonchev–Trinajstić information content (AvgIpc) is 3.69. The number of amides is 3. The van der Waals surface area contributed by atoms with E-state index in [0.717, 1.165) is 54.6 Å². The van der Waals surface area contributed by atoms with Crippen LogP contribution in [0.3, 0.4) is 0 Å². The highest BCUT2D eigenvalue weighted by molar-refractivity contribution is 6.04. The van der Waals surface area contributed by atoms with Gasteiger partial charge < -0.3 is 15.1 Å². The Bertz CT molecular complexity index is 1570. The number of H-pyrrole nitrogens is 1. The molecular weight excluding hydrogens is 502 g/mol. The zero-order valence-electron chi connectivity index (χ0n) is 22.6. The molecule has 3 atom stereocenters. The van der Waals surface area contributed by atoms with E-state index >= 15 is 0 Å². The van der Waals surface area contributed by atoms with Crippen LogP contribution in [0.15, 0.2) is 66.7 Å².